The first-order chi connectivity index (χ1) is 3.79. The van der Waals surface area contributed by atoms with Gasteiger partial charge in [0, 0.05) is 6.20 Å². The van der Waals surface area contributed by atoms with Crippen LogP contribution in [0.2, 0.25) is 0 Å². The lowest BCUT2D eigenvalue weighted by Crippen LogP contribution is -2.34. The van der Waals surface area contributed by atoms with Gasteiger partial charge in [0.2, 0.25) is 0 Å². The van der Waals surface area contributed by atoms with Gasteiger partial charge in [0.05, 0.1) is 0 Å². The minimum atomic E-state index is 0.442. The second kappa shape index (κ2) is 2.19. The first kappa shape index (κ1) is 5.65. The summed E-state index contributed by atoms with van der Waals surface area (Å²) in [4.78, 5) is 0.630. The fourth-order valence-electron chi connectivity index (χ4n) is 0.352. The maximum absolute atomic E-state index is 4.74. The molecule has 1 rings (SSSR count). The number of nitrogens with one attached hydrogen (secondary N) is 1. The molecule has 1 aliphatic rings. The minimum absolute atomic E-state index is 0.442. The molecule has 0 aliphatic carbocycles. The topological polar surface area (TPSA) is 26.1 Å². The third-order valence-electron chi connectivity index (χ3n) is 0.648. The fourth-order valence-corrected chi connectivity index (χ4v) is 0.745. The third-order valence-corrected chi connectivity index (χ3v) is 1.09. The number of hydrogen-bond donors (Lipinski definition) is 1. The number of rotatable bonds is 0. The molecular formula is C4H3N2S2. The molecule has 0 bridgehead atoms. The molecule has 0 spiro atoms. The van der Waals surface area contributed by atoms with Gasteiger partial charge >= 0.3 is 0 Å². The summed E-state index contributed by atoms with van der Waals surface area (Å²) in [6, 6.07) is 0. The van der Waals surface area contributed by atoms with E-state index in [1.807, 2.05) is 0 Å². The molecule has 0 saturated carbocycles. The molecule has 0 saturated heterocycles. The second-order valence-corrected chi connectivity index (χ2v) is 2.07. The number of thiocarbonyl (C=S) groups is 2. The molecule has 1 radical (unpaired) electrons. The second-order valence-electron chi connectivity index (χ2n) is 1.24. The molecule has 0 fully saturated rings. The lowest BCUT2D eigenvalue weighted by Gasteiger charge is -2.06. The van der Waals surface area contributed by atoms with E-state index in [0.717, 1.165) is 0 Å². The van der Waals surface area contributed by atoms with Gasteiger partial charge in [-0.15, -0.1) is 0 Å². The summed E-state index contributed by atoms with van der Waals surface area (Å²) in [6.07, 6.45) is 3.27. The Morgan fingerprint density at radius 3 is 2.62 bits per heavy atom. The van der Waals surface area contributed by atoms with E-state index in [9.17, 15) is 0 Å². The van der Waals surface area contributed by atoms with Crippen LogP contribution in [-0.2, 0) is 0 Å². The Balaban J connectivity index is 2.68. The molecule has 8 heavy (non-hydrogen) atoms. The Bertz CT molecular complexity index is 161. The summed E-state index contributed by atoms with van der Waals surface area (Å²) in [5, 5.41) is 6.86. The van der Waals surface area contributed by atoms with Gasteiger partial charge < -0.3 is 5.32 Å². The first-order valence-corrected chi connectivity index (χ1v) is 2.83. The average Bonchev–Trinajstić information content (AvgIpc) is 1.64. The predicted octanol–water partition coefficient (Wildman–Crippen LogP) is 0.320. The normalized spacial score (nSPS) is 17.5. The molecule has 1 heterocycles. The van der Waals surface area contributed by atoms with Gasteiger partial charge in [-0.05, 0) is 18.3 Å². The molecule has 0 aromatic carbocycles. The van der Waals surface area contributed by atoms with E-state index in [4.69, 9.17) is 12.2 Å². The molecular weight excluding hydrogens is 140 g/mol. The molecule has 0 amide bonds. The van der Waals surface area contributed by atoms with E-state index in [-0.39, 0.29) is 0 Å². The molecule has 4 heteroatoms. The van der Waals surface area contributed by atoms with Crippen LogP contribution in [0.15, 0.2) is 12.3 Å². The van der Waals surface area contributed by atoms with Crippen molar-refractivity contribution in [2.24, 2.45) is 0 Å². The minimum Gasteiger partial charge on any atom is -0.322 e. The van der Waals surface area contributed by atoms with E-state index in [1.165, 1.54) is 0 Å². The highest BCUT2D eigenvalue weighted by Crippen LogP contribution is 1.84. The maximum Gasteiger partial charge on any atom is 0.197 e. The van der Waals surface area contributed by atoms with Crippen LogP contribution in [0.4, 0.5) is 0 Å². The van der Waals surface area contributed by atoms with Gasteiger partial charge in [0.15, 0.2) is 5.11 Å². The van der Waals surface area contributed by atoms with E-state index in [0.29, 0.717) is 10.1 Å². The van der Waals surface area contributed by atoms with Crippen LogP contribution >= 0.6 is 24.4 Å². The third kappa shape index (κ3) is 1.24. The zero-order valence-electron chi connectivity index (χ0n) is 3.92. The van der Waals surface area contributed by atoms with Crippen molar-refractivity contribution in [3.63, 3.8) is 0 Å². The summed E-state index contributed by atoms with van der Waals surface area (Å²) in [7, 11) is 0. The van der Waals surface area contributed by atoms with E-state index in [2.05, 4.69) is 22.9 Å². The largest absolute Gasteiger partial charge is 0.322 e. The average molecular weight is 143 g/mol. The van der Waals surface area contributed by atoms with E-state index in [1.54, 1.807) is 12.3 Å². The lowest BCUT2D eigenvalue weighted by molar-refractivity contribution is 1.17. The smallest absolute Gasteiger partial charge is 0.197 e. The summed E-state index contributed by atoms with van der Waals surface area (Å²) < 4.78 is 0. The quantitative estimate of drug-likeness (QED) is 0.495. The summed E-state index contributed by atoms with van der Waals surface area (Å²) in [6.45, 7) is 0. The Morgan fingerprint density at radius 2 is 2.25 bits per heavy atom. The Morgan fingerprint density at radius 1 is 1.50 bits per heavy atom. The summed E-state index contributed by atoms with van der Waals surface area (Å²) >= 11 is 9.40. The highest BCUT2D eigenvalue weighted by atomic mass is 32.1. The van der Waals surface area contributed by atoms with Gasteiger partial charge in [-0.25, -0.2) is 5.32 Å². The van der Waals surface area contributed by atoms with Crippen molar-refractivity contribution in [3.05, 3.63) is 12.3 Å². The van der Waals surface area contributed by atoms with Crippen molar-refractivity contribution in [1.82, 2.24) is 10.6 Å². The predicted molar refractivity (Wildman–Crippen MR) is 39.6 cm³/mol. The molecule has 1 aliphatic heterocycles. The number of hydrogen-bond acceptors (Lipinski definition) is 2. The van der Waals surface area contributed by atoms with Gasteiger partial charge in [-0.3, -0.25) is 0 Å². The van der Waals surface area contributed by atoms with Crippen LogP contribution in [0.5, 0.6) is 0 Å². The molecule has 2 nitrogen and oxygen atoms in total. The van der Waals surface area contributed by atoms with Crippen molar-refractivity contribution in [3.8, 4) is 0 Å². The molecule has 0 unspecified atom stereocenters. The van der Waals surface area contributed by atoms with Crippen molar-refractivity contribution in [2.45, 2.75) is 0 Å². The van der Waals surface area contributed by atoms with E-state index < -0.39 is 0 Å². The maximum atomic E-state index is 4.74. The van der Waals surface area contributed by atoms with Crippen LogP contribution in [0.1, 0.15) is 0 Å². The SMILES string of the molecule is S=C1C=C[N]C(=S)N1. The Labute approximate surface area is 58.0 Å². The van der Waals surface area contributed by atoms with Crippen molar-refractivity contribution in [1.29, 1.82) is 0 Å². The van der Waals surface area contributed by atoms with Crippen molar-refractivity contribution < 1.29 is 0 Å². The summed E-state index contributed by atoms with van der Waals surface area (Å²) in [5.41, 5.74) is 0. The van der Waals surface area contributed by atoms with Gasteiger partial charge in [-0.2, -0.15) is 0 Å². The van der Waals surface area contributed by atoms with Crippen LogP contribution in [0, 0.1) is 0 Å². The van der Waals surface area contributed by atoms with Gasteiger partial charge in [0.1, 0.15) is 4.99 Å². The Hall–Kier alpha value is -0.480. The van der Waals surface area contributed by atoms with Crippen LogP contribution in [-0.4, -0.2) is 10.1 Å². The highest BCUT2D eigenvalue weighted by Gasteiger charge is 2.00. The summed E-state index contributed by atoms with van der Waals surface area (Å²) in [5.74, 6) is 0. The standard InChI is InChI=1S/C4H3N2S2/c7-3-1-2-5-4(8)6-3/h1-2H,(H,6,7,8). The highest BCUT2D eigenvalue weighted by molar-refractivity contribution is 7.82. The molecule has 0 atom stereocenters. The monoisotopic (exact) mass is 143 g/mol. The molecule has 0 aromatic heterocycles. The molecule has 1 N–H and O–H groups in total. The van der Waals surface area contributed by atoms with Crippen molar-refractivity contribution in [2.75, 3.05) is 0 Å². The fraction of sp³-hybridized carbons (Fsp3) is 0. The van der Waals surface area contributed by atoms with Crippen LogP contribution < -0.4 is 10.6 Å². The number of nitrogens with zero attached hydrogens (tertiary/aromatic N) is 1. The van der Waals surface area contributed by atoms with Gasteiger partial charge in [-0.1, -0.05) is 12.2 Å². The molecule has 41 valence electrons. The lowest BCUT2D eigenvalue weighted by atomic mass is 10.5. The van der Waals surface area contributed by atoms with Crippen molar-refractivity contribution >= 4 is 34.5 Å². The van der Waals surface area contributed by atoms with Crippen LogP contribution in [0.3, 0.4) is 0 Å². The zero-order chi connectivity index (χ0) is 5.98. The Kier molecular flexibility index (Phi) is 1.55. The zero-order valence-corrected chi connectivity index (χ0v) is 5.55. The van der Waals surface area contributed by atoms with Gasteiger partial charge in [0.25, 0.3) is 0 Å². The molecule has 0 aromatic rings. The van der Waals surface area contributed by atoms with E-state index >= 15 is 0 Å². The van der Waals surface area contributed by atoms with Crippen LogP contribution in [0.25, 0.3) is 0 Å². The first-order valence-electron chi connectivity index (χ1n) is 2.01.